The van der Waals surface area contributed by atoms with Crippen molar-refractivity contribution >= 4 is 16.7 Å². The normalized spacial score (nSPS) is 11.0. The Balaban J connectivity index is 1.94. The quantitative estimate of drug-likeness (QED) is 0.587. The zero-order valence-corrected chi connectivity index (χ0v) is 12.6. The molecule has 0 saturated carbocycles. The highest BCUT2D eigenvalue weighted by Gasteiger charge is 2.14. The lowest BCUT2D eigenvalue weighted by Crippen LogP contribution is -2.02. The van der Waals surface area contributed by atoms with Crippen molar-refractivity contribution in [2.24, 2.45) is 0 Å². The van der Waals surface area contributed by atoms with E-state index in [1.165, 1.54) is 5.56 Å². The maximum atomic E-state index is 6.12. The largest absolute Gasteiger partial charge is 0.397 e. The Morgan fingerprint density at radius 3 is 2.43 bits per heavy atom. The van der Waals surface area contributed by atoms with E-state index in [4.69, 9.17) is 10.7 Å². The standard InChI is InChI=1S/C19H16N4/c20-16-7-4-8-17-18(16)22-19(15-9-11-21-12-10-15)23(17)13-14-5-2-1-3-6-14/h1-12H,13,20H2. The summed E-state index contributed by atoms with van der Waals surface area (Å²) in [6, 6.07) is 20.2. The van der Waals surface area contributed by atoms with E-state index in [0.717, 1.165) is 29.0 Å². The Labute approximate surface area is 134 Å². The first-order valence-electron chi connectivity index (χ1n) is 7.52. The minimum atomic E-state index is 0.699. The Hall–Kier alpha value is -3.14. The van der Waals surface area contributed by atoms with Gasteiger partial charge in [-0.25, -0.2) is 4.98 Å². The van der Waals surface area contributed by atoms with Gasteiger partial charge >= 0.3 is 0 Å². The molecule has 0 atom stereocenters. The molecule has 0 aliphatic rings. The number of para-hydroxylation sites is 1. The Morgan fingerprint density at radius 2 is 1.65 bits per heavy atom. The number of imidazole rings is 1. The number of rotatable bonds is 3. The van der Waals surface area contributed by atoms with Crippen molar-refractivity contribution in [1.82, 2.24) is 14.5 Å². The fraction of sp³-hybridized carbons (Fsp3) is 0.0526. The van der Waals surface area contributed by atoms with E-state index in [1.807, 2.05) is 30.3 Å². The molecule has 0 spiro atoms. The van der Waals surface area contributed by atoms with Gasteiger partial charge in [0.15, 0.2) is 0 Å². The van der Waals surface area contributed by atoms with E-state index in [1.54, 1.807) is 12.4 Å². The second-order valence-corrected chi connectivity index (χ2v) is 5.46. The van der Waals surface area contributed by atoms with Crippen LogP contribution in [0, 0.1) is 0 Å². The average molecular weight is 300 g/mol. The molecule has 4 heteroatoms. The van der Waals surface area contributed by atoms with Gasteiger partial charge < -0.3 is 10.3 Å². The second kappa shape index (κ2) is 5.57. The monoisotopic (exact) mass is 300 g/mol. The van der Waals surface area contributed by atoms with Gasteiger partial charge in [0.2, 0.25) is 0 Å². The third-order valence-electron chi connectivity index (χ3n) is 3.93. The van der Waals surface area contributed by atoms with Crippen LogP contribution in [0.4, 0.5) is 5.69 Å². The van der Waals surface area contributed by atoms with Gasteiger partial charge in [0, 0.05) is 24.5 Å². The molecular weight excluding hydrogens is 284 g/mol. The van der Waals surface area contributed by atoms with Crippen LogP contribution >= 0.6 is 0 Å². The van der Waals surface area contributed by atoms with Crippen molar-refractivity contribution in [2.45, 2.75) is 6.54 Å². The van der Waals surface area contributed by atoms with Gasteiger partial charge in [-0.3, -0.25) is 4.98 Å². The number of hydrogen-bond donors (Lipinski definition) is 1. The summed E-state index contributed by atoms with van der Waals surface area (Å²) in [4.78, 5) is 8.88. The third kappa shape index (κ3) is 2.44. The number of fused-ring (bicyclic) bond motifs is 1. The average Bonchev–Trinajstić information content (AvgIpc) is 2.97. The van der Waals surface area contributed by atoms with E-state index >= 15 is 0 Å². The highest BCUT2D eigenvalue weighted by Crippen LogP contribution is 2.28. The summed E-state index contributed by atoms with van der Waals surface area (Å²) in [5, 5.41) is 0. The molecule has 0 aliphatic carbocycles. The number of nitrogen functional groups attached to an aromatic ring is 1. The first-order valence-corrected chi connectivity index (χ1v) is 7.52. The minimum absolute atomic E-state index is 0.699. The van der Waals surface area contributed by atoms with Crippen molar-refractivity contribution in [3.8, 4) is 11.4 Å². The van der Waals surface area contributed by atoms with Crippen LogP contribution in [-0.4, -0.2) is 14.5 Å². The zero-order valence-electron chi connectivity index (χ0n) is 12.6. The van der Waals surface area contributed by atoms with Crippen molar-refractivity contribution in [3.05, 3.63) is 78.6 Å². The summed E-state index contributed by atoms with van der Waals surface area (Å²) < 4.78 is 2.20. The highest BCUT2D eigenvalue weighted by atomic mass is 15.1. The van der Waals surface area contributed by atoms with E-state index in [0.29, 0.717) is 5.69 Å². The molecule has 0 unspecified atom stereocenters. The summed E-state index contributed by atoms with van der Waals surface area (Å²) in [6.45, 7) is 0.748. The molecule has 2 aromatic heterocycles. The molecule has 4 rings (SSSR count). The molecule has 0 radical (unpaired) electrons. The predicted octanol–water partition coefficient (Wildman–Crippen LogP) is 3.73. The molecular formula is C19H16N4. The van der Waals surface area contributed by atoms with E-state index in [9.17, 15) is 0 Å². The first-order chi connectivity index (χ1) is 11.3. The molecule has 0 saturated heterocycles. The molecule has 0 bridgehead atoms. The van der Waals surface area contributed by atoms with E-state index in [2.05, 4.69) is 39.9 Å². The summed E-state index contributed by atoms with van der Waals surface area (Å²) in [5.74, 6) is 0.907. The maximum Gasteiger partial charge on any atom is 0.141 e. The van der Waals surface area contributed by atoms with Gasteiger partial charge in [-0.2, -0.15) is 0 Å². The topological polar surface area (TPSA) is 56.7 Å². The number of anilines is 1. The first kappa shape index (κ1) is 13.5. The fourth-order valence-corrected chi connectivity index (χ4v) is 2.82. The van der Waals surface area contributed by atoms with Crippen molar-refractivity contribution in [2.75, 3.05) is 5.73 Å². The maximum absolute atomic E-state index is 6.12. The molecule has 4 aromatic rings. The van der Waals surface area contributed by atoms with Gasteiger partial charge in [0.25, 0.3) is 0 Å². The van der Waals surface area contributed by atoms with Gasteiger partial charge in [0.1, 0.15) is 11.3 Å². The van der Waals surface area contributed by atoms with Crippen LogP contribution in [-0.2, 0) is 6.54 Å². The minimum Gasteiger partial charge on any atom is -0.397 e. The lowest BCUT2D eigenvalue weighted by molar-refractivity contribution is 0.834. The van der Waals surface area contributed by atoms with Crippen LogP contribution in [0.1, 0.15) is 5.56 Å². The van der Waals surface area contributed by atoms with Gasteiger partial charge in [0.05, 0.1) is 11.2 Å². The number of hydrogen-bond acceptors (Lipinski definition) is 3. The van der Waals surface area contributed by atoms with Crippen LogP contribution in [0.2, 0.25) is 0 Å². The van der Waals surface area contributed by atoms with Crippen LogP contribution < -0.4 is 5.73 Å². The third-order valence-corrected chi connectivity index (χ3v) is 3.93. The molecule has 0 amide bonds. The van der Waals surface area contributed by atoms with E-state index in [-0.39, 0.29) is 0 Å². The van der Waals surface area contributed by atoms with Crippen molar-refractivity contribution in [1.29, 1.82) is 0 Å². The molecule has 2 aromatic carbocycles. The molecule has 0 fully saturated rings. The molecule has 23 heavy (non-hydrogen) atoms. The van der Waals surface area contributed by atoms with Gasteiger partial charge in [-0.15, -0.1) is 0 Å². The van der Waals surface area contributed by atoms with Crippen molar-refractivity contribution < 1.29 is 0 Å². The van der Waals surface area contributed by atoms with Crippen LogP contribution in [0.5, 0.6) is 0 Å². The zero-order chi connectivity index (χ0) is 15.6. The van der Waals surface area contributed by atoms with Gasteiger partial charge in [-0.05, 0) is 29.8 Å². The summed E-state index contributed by atoms with van der Waals surface area (Å²) >= 11 is 0. The summed E-state index contributed by atoms with van der Waals surface area (Å²) in [7, 11) is 0. The second-order valence-electron chi connectivity index (χ2n) is 5.46. The van der Waals surface area contributed by atoms with Crippen LogP contribution in [0.3, 0.4) is 0 Å². The SMILES string of the molecule is Nc1cccc2c1nc(-c1ccncc1)n2Cc1ccccc1. The fourth-order valence-electron chi connectivity index (χ4n) is 2.82. The lowest BCUT2D eigenvalue weighted by Gasteiger charge is -2.09. The number of benzene rings is 2. The lowest BCUT2D eigenvalue weighted by atomic mass is 10.2. The number of pyridine rings is 1. The molecule has 2 N–H and O–H groups in total. The van der Waals surface area contributed by atoms with Gasteiger partial charge in [-0.1, -0.05) is 36.4 Å². The number of nitrogens with two attached hydrogens (primary N) is 1. The van der Waals surface area contributed by atoms with E-state index < -0.39 is 0 Å². The Bertz CT molecular complexity index is 943. The van der Waals surface area contributed by atoms with Crippen LogP contribution in [0.15, 0.2) is 73.1 Å². The predicted molar refractivity (Wildman–Crippen MR) is 92.9 cm³/mol. The summed E-state index contributed by atoms with van der Waals surface area (Å²) in [6.07, 6.45) is 3.57. The molecule has 0 aliphatic heterocycles. The molecule has 4 nitrogen and oxygen atoms in total. The Kier molecular flexibility index (Phi) is 3.27. The molecule has 2 heterocycles. The van der Waals surface area contributed by atoms with Crippen molar-refractivity contribution in [3.63, 3.8) is 0 Å². The Morgan fingerprint density at radius 1 is 0.870 bits per heavy atom. The highest BCUT2D eigenvalue weighted by molar-refractivity contribution is 5.90. The van der Waals surface area contributed by atoms with Crippen LogP contribution in [0.25, 0.3) is 22.4 Å². The molecule has 112 valence electrons. The summed E-state index contributed by atoms with van der Waals surface area (Å²) in [5.41, 5.74) is 11.0. The number of nitrogens with zero attached hydrogens (tertiary/aromatic N) is 3. The number of aromatic nitrogens is 3. The smallest absolute Gasteiger partial charge is 0.141 e.